The van der Waals surface area contributed by atoms with Crippen molar-refractivity contribution in [3.8, 4) is 5.69 Å². The number of aromatic nitrogens is 2. The second-order valence-corrected chi connectivity index (χ2v) is 5.41. The molecular weight excluding hydrogens is 314 g/mol. The Balaban J connectivity index is 1.65. The molecule has 2 aromatic carbocycles. The van der Waals surface area contributed by atoms with E-state index in [1.165, 1.54) is 5.56 Å². The van der Waals surface area contributed by atoms with Crippen LogP contribution in [0.5, 0.6) is 0 Å². The third kappa shape index (κ3) is 3.08. The van der Waals surface area contributed by atoms with Crippen LogP contribution >= 0.6 is 15.9 Å². The van der Waals surface area contributed by atoms with E-state index in [-0.39, 0.29) is 0 Å². The maximum atomic E-state index is 4.05. The highest BCUT2D eigenvalue weighted by Crippen LogP contribution is 2.15. The second-order valence-electron chi connectivity index (χ2n) is 4.50. The Morgan fingerprint density at radius 1 is 1.00 bits per heavy atom. The lowest BCUT2D eigenvalue weighted by Crippen LogP contribution is -1.99. The molecule has 0 aliphatic rings. The molecule has 0 aliphatic carbocycles. The van der Waals surface area contributed by atoms with Crippen LogP contribution in [0.25, 0.3) is 5.69 Å². The number of hydrogen-bond acceptors (Lipinski definition) is 2. The number of hydrogen-bond donors (Lipinski definition) is 1. The van der Waals surface area contributed by atoms with Crippen LogP contribution in [0.2, 0.25) is 0 Å². The Morgan fingerprint density at radius 3 is 2.40 bits per heavy atom. The number of nitrogens with zero attached hydrogens (tertiary/aromatic N) is 2. The topological polar surface area (TPSA) is 29.9 Å². The lowest BCUT2D eigenvalue weighted by Gasteiger charge is -2.08. The normalized spacial score (nSPS) is 10.4. The Kier molecular flexibility index (Phi) is 3.83. The van der Waals surface area contributed by atoms with Gasteiger partial charge in [-0.2, -0.15) is 0 Å². The molecular formula is C16H14BrN3. The van der Waals surface area contributed by atoms with Crippen LogP contribution in [0, 0.1) is 0 Å². The monoisotopic (exact) mass is 327 g/mol. The summed E-state index contributed by atoms with van der Waals surface area (Å²) in [4.78, 5) is 4.05. The number of imidazole rings is 1. The Labute approximate surface area is 126 Å². The van der Waals surface area contributed by atoms with E-state index in [2.05, 4.69) is 62.6 Å². The molecule has 0 aliphatic heterocycles. The van der Waals surface area contributed by atoms with E-state index in [4.69, 9.17) is 0 Å². The van der Waals surface area contributed by atoms with Gasteiger partial charge < -0.3 is 9.88 Å². The zero-order chi connectivity index (χ0) is 13.8. The molecule has 100 valence electrons. The molecule has 3 aromatic rings. The van der Waals surface area contributed by atoms with E-state index in [1.807, 2.05) is 22.9 Å². The second kappa shape index (κ2) is 5.92. The van der Waals surface area contributed by atoms with Gasteiger partial charge in [0.2, 0.25) is 0 Å². The van der Waals surface area contributed by atoms with Gasteiger partial charge in [0, 0.05) is 34.8 Å². The van der Waals surface area contributed by atoms with E-state index in [9.17, 15) is 0 Å². The van der Waals surface area contributed by atoms with Crippen LogP contribution in [0.4, 0.5) is 5.69 Å². The molecule has 1 heterocycles. The molecule has 0 unspecified atom stereocenters. The predicted molar refractivity (Wildman–Crippen MR) is 85.0 cm³/mol. The van der Waals surface area contributed by atoms with E-state index in [0.717, 1.165) is 22.4 Å². The summed E-state index contributed by atoms with van der Waals surface area (Å²) in [6, 6.07) is 16.6. The molecule has 4 heteroatoms. The fraction of sp³-hybridized carbons (Fsp3) is 0.0625. The number of nitrogens with one attached hydrogen (secondary N) is 1. The first kappa shape index (κ1) is 12.9. The van der Waals surface area contributed by atoms with Crippen molar-refractivity contribution in [3.05, 3.63) is 77.3 Å². The summed E-state index contributed by atoms with van der Waals surface area (Å²) in [7, 11) is 0. The maximum Gasteiger partial charge on any atom is 0.0991 e. The number of anilines is 1. The van der Waals surface area contributed by atoms with Gasteiger partial charge in [-0.15, -0.1) is 0 Å². The van der Waals surface area contributed by atoms with Crippen molar-refractivity contribution in [2.24, 2.45) is 0 Å². The lowest BCUT2D eigenvalue weighted by atomic mass is 10.2. The van der Waals surface area contributed by atoms with Gasteiger partial charge in [0.15, 0.2) is 0 Å². The van der Waals surface area contributed by atoms with Gasteiger partial charge in [-0.05, 0) is 42.0 Å². The van der Waals surface area contributed by atoms with Crippen LogP contribution in [0.3, 0.4) is 0 Å². The maximum absolute atomic E-state index is 4.05. The molecule has 0 spiro atoms. The lowest BCUT2D eigenvalue weighted by molar-refractivity contribution is 1.05. The average Bonchev–Trinajstić information content (AvgIpc) is 3.01. The smallest absolute Gasteiger partial charge is 0.0991 e. The third-order valence-electron chi connectivity index (χ3n) is 3.08. The van der Waals surface area contributed by atoms with E-state index in [1.54, 1.807) is 12.5 Å². The number of halogens is 1. The van der Waals surface area contributed by atoms with E-state index < -0.39 is 0 Å². The number of rotatable bonds is 4. The summed E-state index contributed by atoms with van der Waals surface area (Å²) in [6.45, 7) is 0.811. The minimum Gasteiger partial charge on any atom is -0.381 e. The molecule has 0 amide bonds. The average molecular weight is 328 g/mol. The molecule has 3 rings (SSSR count). The molecule has 0 saturated heterocycles. The van der Waals surface area contributed by atoms with Crippen molar-refractivity contribution in [2.45, 2.75) is 6.54 Å². The largest absolute Gasteiger partial charge is 0.381 e. The van der Waals surface area contributed by atoms with Crippen molar-refractivity contribution < 1.29 is 0 Å². The first-order chi connectivity index (χ1) is 9.81. The van der Waals surface area contributed by atoms with Crippen LogP contribution in [-0.4, -0.2) is 9.55 Å². The zero-order valence-corrected chi connectivity index (χ0v) is 12.4. The minimum absolute atomic E-state index is 0.811. The molecule has 0 fully saturated rings. The molecule has 0 atom stereocenters. The van der Waals surface area contributed by atoms with Crippen LogP contribution < -0.4 is 5.32 Å². The SMILES string of the molecule is Brc1ccc(NCc2ccc(-n3ccnc3)cc2)cc1. The molecule has 1 aromatic heterocycles. The van der Waals surface area contributed by atoms with Crippen molar-refractivity contribution >= 4 is 21.6 Å². The van der Waals surface area contributed by atoms with Gasteiger partial charge in [0.25, 0.3) is 0 Å². The summed E-state index contributed by atoms with van der Waals surface area (Å²) in [5, 5.41) is 3.40. The minimum atomic E-state index is 0.811. The van der Waals surface area contributed by atoms with Gasteiger partial charge >= 0.3 is 0 Å². The zero-order valence-electron chi connectivity index (χ0n) is 10.8. The quantitative estimate of drug-likeness (QED) is 0.776. The van der Waals surface area contributed by atoms with E-state index in [0.29, 0.717) is 0 Å². The van der Waals surface area contributed by atoms with Crippen molar-refractivity contribution in [3.63, 3.8) is 0 Å². The summed E-state index contributed by atoms with van der Waals surface area (Å²) < 4.78 is 3.08. The van der Waals surface area contributed by atoms with Gasteiger partial charge in [0.1, 0.15) is 0 Å². The predicted octanol–water partition coefficient (Wildman–Crippen LogP) is 4.25. The summed E-state index contributed by atoms with van der Waals surface area (Å²) in [5.74, 6) is 0. The standard InChI is InChI=1S/C16H14BrN3/c17-14-3-5-15(6-4-14)19-11-13-1-7-16(8-2-13)20-10-9-18-12-20/h1-10,12,19H,11H2. The first-order valence-electron chi connectivity index (χ1n) is 6.38. The van der Waals surface area contributed by atoms with Crippen molar-refractivity contribution in [1.29, 1.82) is 0 Å². The highest BCUT2D eigenvalue weighted by Gasteiger charge is 1.97. The molecule has 1 N–H and O–H groups in total. The highest BCUT2D eigenvalue weighted by atomic mass is 79.9. The van der Waals surface area contributed by atoms with Gasteiger partial charge in [-0.3, -0.25) is 0 Å². The van der Waals surface area contributed by atoms with Gasteiger partial charge in [-0.1, -0.05) is 28.1 Å². The molecule has 3 nitrogen and oxygen atoms in total. The fourth-order valence-electron chi connectivity index (χ4n) is 1.97. The Bertz CT molecular complexity index is 658. The van der Waals surface area contributed by atoms with Crippen LogP contribution in [0.15, 0.2) is 71.7 Å². The summed E-state index contributed by atoms with van der Waals surface area (Å²) in [5.41, 5.74) is 3.48. The molecule has 20 heavy (non-hydrogen) atoms. The summed E-state index contributed by atoms with van der Waals surface area (Å²) in [6.07, 6.45) is 5.52. The van der Waals surface area contributed by atoms with Gasteiger partial charge in [-0.25, -0.2) is 4.98 Å². The van der Waals surface area contributed by atoms with E-state index >= 15 is 0 Å². The first-order valence-corrected chi connectivity index (χ1v) is 7.17. The summed E-state index contributed by atoms with van der Waals surface area (Å²) >= 11 is 3.43. The Hall–Kier alpha value is -2.07. The van der Waals surface area contributed by atoms with Gasteiger partial charge in [0.05, 0.1) is 6.33 Å². The molecule has 0 radical (unpaired) electrons. The molecule has 0 saturated carbocycles. The van der Waals surface area contributed by atoms with Crippen molar-refractivity contribution in [2.75, 3.05) is 5.32 Å². The highest BCUT2D eigenvalue weighted by molar-refractivity contribution is 9.10. The molecule has 0 bridgehead atoms. The number of benzene rings is 2. The van der Waals surface area contributed by atoms with Crippen LogP contribution in [0.1, 0.15) is 5.56 Å². The third-order valence-corrected chi connectivity index (χ3v) is 3.61. The fourth-order valence-corrected chi connectivity index (χ4v) is 2.23. The Morgan fingerprint density at radius 2 is 1.75 bits per heavy atom. The van der Waals surface area contributed by atoms with Crippen molar-refractivity contribution in [1.82, 2.24) is 9.55 Å². The van der Waals surface area contributed by atoms with Crippen LogP contribution in [-0.2, 0) is 6.54 Å².